The van der Waals surface area contributed by atoms with E-state index in [0.717, 1.165) is 41.5 Å². The van der Waals surface area contributed by atoms with Crippen LogP contribution in [0.2, 0.25) is 0 Å². The fourth-order valence-electron chi connectivity index (χ4n) is 10.1. The third kappa shape index (κ3) is 9.89. The Balaban J connectivity index is 1.17. The number of Topliss-reactive ketones (excluding diaryl/α,β-unsaturated/α-hetero) is 2. The third-order valence-electron chi connectivity index (χ3n) is 12.5. The fraction of sp³-hybridized carbons (Fsp3) is 0.674. The van der Waals surface area contributed by atoms with Gasteiger partial charge in [0, 0.05) is 79.3 Å². The zero-order valence-electron chi connectivity index (χ0n) is 39.4. The van der Waals surface area contributed by atoms with E-state index < -0.39 is 176 Å². The molecule has 5 fully saturated rings. The van der Waals surface area contributed by atoms with Crippen molar-refractivity contribution in [3.63, 3.8) is 0 Å². The number of allylic oxidation sites excluding steroid dienone is 2. The lowest BCUT2D eigenvalue weighted by atomic mass is 9.83. The number of piperazine rings is 1. The van der Waals surface area contributed by atoms with Crippen LogP contribution in [0.5, 0.6) is 0 Å². The van der Waals surface area contributed by atoms with Crippen molar-refractivity contribution in [1.29, 1.82) is 0 Å². The molecule has 0 bridgehead atoms. The lowest BCUT2D eigenvalue weighted by Gasteiger charge is -2.44. The Morgan fingerprint density at radius 2 is 1.17 bits per heavy atom. The number of primary amides is 1. The van der Waals surface area contributed by atoms with E-state index in [0.29, 0.717) is 0 Å². The molecular weight excluding hydrogens is 942 g/mol. The minimum absolute atomic E-state index is 0.0191. The number of carbonyl (C=O) groups excluding carboxylic acids is 10. The first-order valence-corrected chi connectivity index (χ1v) is 21.9. The maximum atomic E-state index is 15.0. The summed E-state index contributed by atoms with van der Waals surface area (Å²) in [5.74, 6) is -9.22. The van der Waals surface area contributed by atoms with Crippen molar-refractivity contribution in [2.75, 3.05) is 40.0 Å². The molecule has 70 heavy (non-hydrogen) atoms. The summed E-state index contributed by atoms with van der Waals surface area (Å²) in [6.45, 7) is 7.33. The molecule has 7 aliphatic rings. The molecular formula is C43H53N3O24. The van der Waals surface area contributed by atoms with E-state index in [2.05, 4.69) is 0 Å². The van der Waals surface area contributed by atoms with Crippen molar-refractivity contribution < 1.29 is 114 Å². The molecule has 27 nitrogen and oxygen atoms in total. The summed E-state index contributed by atoms with van der Waals surface area (Å²) in [6.07, 6.45) is -16.7. The van der Waals surface area contributed by atoms with Crippen LogP contribution in [-0.2, 0) is 109 Å². The summed E-state index contributed by atoms with van der Waals surface area (Å²) >= 11 is 0. The van der Waals surface area contributed by atoms with Crippen molar-refractivity contribution in [3.8, 4) is 0 Å². The molecule has 16 atom stereocenters. The molecule has 0 aromatic heterocycles. The van der Waals surface area contributed by atoms with Crippen LogP contribution < -0.4 is 5.73 Å². The first kappa shape index (κ1) is 51.6. The first-order chi connectivity index (χ1) is 33.0. The average molecular weight is 996 g/mol. The molecule has 7 rings (SSSR count). The standard InChI is InChI=1S/C43H53N3O24/c1-15-30(54)29-28(31(55)32(15)70-41-37(65-22(8)53)35(63-20(6)51)33(61-18(4)49)26(67-41)14-59-17(3)48)23(12-60-42(44)56)43(57-9)39-24(10-46(29)43)45(39)11-27-68-38-36(64-21(7)52)34(62-19(5)50)25(13-58-16(2)47)66-40(38)69-27/h23-27,33-41H,10-14H2,1-9H3,(H2,44,56)/t23-,24+,25-,26-,27?,33-,34-,35+,36+,37-,38-,39+,40-,41+,43-,45?/m1/s1. The van der Waals surface area contributed by atoms with Gasteiger partial charge in [0.05, 0.1) is 24.2 Å². The molecule has 27 heteroatoms. The molecule has 0 radical (unpaired) electrons. The van der Waals surface area contributed by atoms with E-state index in [1.165, 1.54) is 21.0 Å². The lowest BCUT2D eigenvalue weighted by Crippen LogP contribution is -2.63. The van der Waals surface area contributed by atoms with Crippen LogP contribution in [0.1, 0.15) is 55.4 Å². The highest BCUT2D eigenvalue weighted by Crippen LogP contribution is 2.60. The quantitative estimate of drug-likeness (QED) is 0.0763. The summed E-state index contributed by atoms with van der Waals surface area (Å²) in [7, 11) is 1.33. The topological polar surface area (TPSA) is 332 Å². The van der Waals surface area contributed by atoms with Gasteiger partial charge in [0.1, 0.15) is 32.0 Å². The lowest BCUT2D eigenvalue weighted by molar-refractivity contribution is -0.299. The highest BCUT2D eigenvalue weighted by atomic mass is 16.8. The highest BCUT2D eigenvalue weighted by Gasteiger charge is 2.77. The SMILES string of the molecule is CO[C@@]12[C@H](COC(N)=O)C3=C(C(=O)C(C)=C(O[C@@H]4O[C@H](COC(C)=O)[C@@H](OC(C)=O)[C@H](OC(C)=O)[C@H]4OC(C)=O)C3=O)N1C[C@H]1[C@@H]2N1CC1O[C@H]2O[C@H](COC(C)=O)[C@@H](OC(C)=O)[C@H](OC(C)=O)[C@H]2O1. The molecule has 5 saturated heterocycles. The van der Waals surface area contributed by atoms with Crippen LogP contribution in [0.25, 0.3) is 0 Å². The molecule has 0 aromatic carbocycles. The van der Waals surface area contributed by atoms with E-state index in [-0.39, 0.29) is 29.9 Å². The first-order valence-electron chi connectivity index (χ1n) is 21.9. The molecule has 1 aliphatic carbocycles. The van der Waals surface area contributed by atoms with Crippen molar-refractivity contribution in [2.45, 2.75) is 141 Å². The fourth-order valence-corrected chi connectivity index (χ4v) is 10.1. The van der Waals surface area contributed by atoms with Crippen LogP contribution in [0.3, 0.4) is 0 Å². The smallest absolute Gasteiger partial charge is 0.404 e. The van der Waals surface area contributed by atoms with Gasteiger partial charge in [-0.05, 0) is 6.92 Å². The predicted octanol–water partition coefficient (Wildman–Crippen LogP) is -1.90. The van der Waals surface area contributed by atoms with Crippen LogP contribution in [0.4, 0.5) is 4.79 Å². The predicted molar refractivity (Wildman–Crippen MR) is 219 cm³/mol. The second kappa shape index (κ2) is 20.2. The number of fused-ring (bicyclic) bond motifs is 5. The van der Waals surface area contributed by atoms with E-state index in [9.17, 15) is 43.2 Å². The molecule has 1 amide bonds. The summed E-state index contributed by atoms with van der Waals surface area (Å²) in [6, 6.07) is -1.07. The summed E-state index contributed by atoms with van der Waals surface area (Å²) in [5, 5.41) is 0. The van der Waals surface area contributed by atoms with Crippen molar-refractivity contribution >= 4 is 59.4 Å². The van der Waals surface area contributed by atoms with Gasteiger partial charge in [0.2, 0.25) is 24.0 Å². The Morgan fingerprint density at radius 3 is 1.71 bits per heavy atom. The van der Waals surface area contributed by atoms with Crippen LogP contribution >= 0.6 is 0 Å². The molecule has 6 aliphatic heterocycles. The molecule has 2 unspecified atom stereocenters. The molecule has 2 N–H and O–H groups in total. The monoisotopic (exact) mass is 995 g/mol. The zero-order chi connectivity index (χ0) is 51.3. The van der Waals surface area contributed by atoms with Gasteiger partial charge in [0.25, 0.3) is 0 Å². The highest BCUT2D eigenvalue weighted by molar-refractivity contribution is 6.25. The molecule has 384 valence electrons. The van der Waals surface area contributed by atoms with Gasteiger partial charge in [-0.3, -0.25) is 48.1 Å². The number of nitrogens with zero attached hydrogens (tertiary/aromatic N) is 2. The van der Waals surface area contributed by atoms with Crippen LogP contribution in [0, 0.1) is 5.92 Å². The Morgan fingerprint density at radius 1 is 0.643 bits per heavy atom. The zero-order valence-corrected chi connectivity index (χ0v) is 39.4. The molecule has 0 saturated carbocycles. The van der Waals surface area contributed by atoms with Gasteiger partial charge in [0.15, 0.2) is 54.6 Å². The van der Waals surface area contributed by atoms with Gasteiger partial charge in [-0.1, -0.05) is 0 Å². The second-order valence-corrected chi connectivity index (χ2v) is 17.2. The number of hydrogen-bond acceptors (Lipinski definition) is 26. The normalized spacial score (nSPS) is 35.8. The Kier molecular flexibility index (Phi) is 14.9. The average Bonchev–Trinajstić information content (AvgIpc) is 3.49. The minimum atomic E-state index is -1.90. The van der Waals surface area contributed by atoms with Crippen molar-refractivity contribution in [3.05, 3.63) is 22.6 Å². The number of nitrogens with two attached hydrogens (primary N) is 1. The molecule has 0 spiro atoms. The number of rotatable bonds is 16. The van der Waals surface area contributed by atoms with Gasteiger partial charge >= 0.3 is 47.9 Å². The van der Waals surface area contributed by atoms with Gasteiger partial charge in [-0.2, -0.15) is 0 Å². The molecule has 0 aromatic rings. The number of carbonyl (C=O) groups is 10. The number of amides is 1. The Bertz CT molecular complexity index is 2280. The van der Waals surface area contributed by atoms with Crippen molar-refractivity contribution in [1.82, 2.24) is 9.80 Å². The van der Waals surface area contributed by atoms with E-state index in [4.69, 9.17) is 72.0 Å². The van der Waals surface area contributed by atoms with Gasteiger partial charge in [-0.25, -0.2) is 4.79 Å². The Hall–Kier alpha value is -6.26. The third-order valence-corrected chi connectivity index (χ3v) is 12.5. The molecule has 6 heterocycles. The number of hydrogen-bond donors (Lipinski definition) is 1. The van der Waals surface area contributed by atoms with Gasteiger partial charge in [-0.15, -0.1) is 0 Å². The number of methoxy groups -OCH3 is 1. The van der Waals surface area contributed by atoms with E-state index in [1.54, 1.807) is 4.90 Å². The minimum Gasteiger partial charge on any atom is -0.463 e. The van der Waals surface area contributed by atoms with Crippen molar-refractivity contribution in [2.24, 2.45) is 11.7 Å². The van der Waals surface area contributed by atoms with E-state index >= 15 is 4.79 Å². The van der Waals surface area contributed by atoms with E-state index in [1.807, 2.05) is 4.90 Å². The summed E-state index contributed by atoms with van der Waals surface area (Å²) in [4.78, 5) is 131. The number of ether oxygens (including phenoxy) is 14. The maximum Gasteiger partial charge on any atom is 0.404 e. The largest absolute Gasteiger partial charge is 0.463 e. The Labute approximate surface area is 398 Å². The van der Waals surface area contributed by atoms with Gasteiger partial charge < -0.3 is 76.9 Å². The second-order valence-electron chi connectivity index (χ2n) is 17.2. The number of esters is 7. The maximum absolute atomic E-state index is 15.0. The number of ketones is 2. The van der Waals surface area contributed by atoms with Crippen LogP contribution in [0.15, 0.2) is 22.6 Å². The summed E-state index contributed by atoms with van der Waals surface area (Å²) in [5.41, 5.74) is 3.26. The summed E-state index contributed by atoms with van der Waals surface area (Å²) < 4.78 is 80.1. The van der Waals surface area contributed by atoms with Crippen LogP contribution in [-0.4, -0.2) is 195 Å².